The maximum absolute atomic E-state index is 13.5. The summed E-state index contributed by atoms with van der Waals surface area (Å²) in [5, 5.41) is 0. The zero-order valence-electron chi connectivity index (χ0n) is 16.6. The number of para-hydroxylation sites is 1. The Hall–Kier alpha value is -3.12. The number of carbonyl (C=O) groups excluding carboxylic acids is 1. The van der Waals surface area contributed by atoms with Crippen molar-refractivity contribution in [2.24, 2.45) is 0 Å². The number of rotatable bonds is 3. The van der Waals surface area contributed by atoms with Crippen LogP contribution in [0.3, 0.4) is 0 Å². The topological polar surface area (TPSA) is 57.7 Å². The number of aryl methyl sites for hydroxylation is 3. The number of benzene rings is 3. The highest BCUT2D eigenvalue weighted by atomic mass is 32.2. The van der Waals surface area contributed by atoms with Crippen molar-refractivity contribution < 1.29 is 13.2 Å². The Morgan fingerprint density at radius 2 is 1.59 bits per heavy atom. The van der Waals surface area contributed by atoms with Crippen molar-refractivity contribution in [2.75, 3.05) is 9.21 Å². The third kappa shape index (κ3) is 3.29. The first-order chi connectivity index (χ1) is 13.8. The molecule has 0 N–H and O–H groups in total. The third-order valence-corrected chi connectivity index (χ3v) is 6.98. The number of fused-ring (bicyclic) bond motifs is 1. The Kier molecular flexibility index (Phi) is 4.67. The second-order valence-corrected chi connectivity index (χ2v) is 9.12. The van der Waals surface area contributed by atoms with Crippen LogP contribution >= 0.6 is 0 Å². The number of carbonyl (C=O) groups is 1. The Balaban J connectivity index is 1.88. The Bertz CT molecular complexity index is 1220. The molecule has 0 spiro atoms. The monoisotopic (exact) mass is 406 g/mol. The molecule has 0 bridgehead atoms. The number of anilines is 2. The molecule has 2 amide bonds. The fourth-order valence-electron chi connectivity index (χ4n) is 3.56. The molecule has 148 valence electrons. The van der Waals surface area contributed by atoms with Crippen LogP contribution in [0.15, 0.2) is 71.6 Å². The number of urea groups is 1. The Labute approximate surface area is 171 Å². The molecule has 0 atom stereocenters. The van der Waals surface area contributed by atoms with Crippen LogP contribution in [0.1, 0.15) is 22.3 Å². The number of amides is 2. The second kappa shape index (κ2) is 7.04. The van der Waals surface area contributed by atoms with Gasteiger partial charge in [-0.25, -0.2) is 13.2 Å². The lowest BCUT2D eigenvalue weighted by molar-refractivity contribution is 0.253. The van der Waals surface area contributed by atoms with Crippen LogP contribution in [0.5, 0.6) is 0 Å². The van der Waals surface area contributed by atoms with Gasteiger partial charge in [0.05, 0.1) is 17.9 Å². The number of nitrogens with zero attached hydrogens (tertiary/aromatic N) is 2. The predicted molar refractivity (Wildman–Crippen MR) is 115 cm³/mol. The van der Waals surface area contributed by atoms with E-state index in [9.17, 15) is 13.2 Å². The van der Waals surface area contributed by atoms with Crippen LogP contribution in [0, 0.1) is 20.8 Å². The fraction of sp³-hybridized carbons (Fsp3) is 0.174. The molecule has 0 saturated heterocycles. The molecule has 3 aromatic carbocycles. The minimum atomic E-state index is -4.01. The molecule has 0 unspecified atom stereocenters. The summed E-state index contributed by atoms with van der Waals surface area (Å²) in [5.74, 6) is 0. The van der Waals surface area contributed by atoms with Crippen LogP contribution in [0.4, 0.5) is 16.2 Å². The lowest BCUT2D eigenvalue weighted by Crippen LogP contribution is -2.50. The molecular weight excluding hydrogens is 384 g/mol. The quantitative estimate of drug-likeness (QED) is 0.619. The van der Waals surface area contributed by atoms with Crippen molar-refractivity contribution in [3.05, 3.63) is 89.0 Å². The number of sulfonamides is 1. The van der Waals surface area contributed by atoms with Gasteiger partial charge in [-0.05, 0) is 61.7 Å². The van der Waals surface area contributed by atoms with E-state index in [1.165, 1.54) is 4.90 Å². The predicted octanol–water partition coefficient (Wildman–Crippen LogP) is 4.95. The molecule has 29 heavy (non-hydrogen) atoms. The van der Waals surface area contributed by atoms with Crippen molar-refractivity contribution in [3.63, 3.8) is 0 Å². The molecule has 1 aliphatic heterocycles. The summed E-state index contributed by atoms with van der Waals surface area (Å²) in [5.41, 5.74) is 4.73. The van der Waals surface area contributed by atoms with Gasteiger partial charge in [0.2, 0.25) is 0 Å². The molecular formula is C23H22N2O3S. The smallest absolute Gasteiger partial charge is 0.287 e. The number of hydrogen-bond acceptors (Lipinski definition) is 3. The van der Waals surface area contributed by atoms with E-state index in [1.54, 1.807) is 36.4 Å². The molecule has 4 rings (SSSR count). The van der Waals surface area contributed by atoms with E-state index in [-0.39, 0.29) is 11.4 Å². The van der Waals surface area contributed by atoms with Crippen LogP contribution in [-0.2, 0) is 16.6 Å². The van der Waals surface area contributed by atoms with Crippen molar-refractivity contribution in [1.29, 1.82) is 0 Å². The Morgan fingerprint density at radius 1 is 0.828 bits per heavy atom. The molecule has 0 saturated carbocycles. The first-order valence-corrected chi connectivity index (χ1v) is 10.8. The van der Waals surface area contributed by atoms with Crippen LogP contribution < -0.4 is 9.21 Å². The van der Waals surface area contributed by atoms with Gasteiger partial charge in [-0.15, -0.1) is 0 Å². The summed E-state index contributed by atoms with van der Waals surface area (Å²) in [6.07, 6.45) is 0. The zero-order chi connectivity index (χ0) is 20.8. The first kappa shape index (κ1) is 19.2. The van der Waals surface area contributed by atoms with E-state index >= 15 is 0 Å². The first-order valence-electron chi connectivity index (χ1n) is 9.38. The highest BCUT2D eigenvalue weighted by Gasteiger charge is 2.42. The molecule has 0 radical (unpaired) electrons. The fourth-order valence-corrected chi connectivity index (χ4v) is 5.14. The van der Waals surface area contributed by atoms with Gasteiger partial charge in [0.1, 0.15) is 4.90 Å². The molecule has 3 aromatic rings. The van der Waals surface area contributed by atoms with Gasteiger partial charge in [-0.1, -0.05) is 48.0 Å². The van der Waals surface area contributed by atoms with Crippen LogP contribution in [0.2, 0.25) is 0 Å². The van der Waals surface area contributed by atoms with Gasteiger partial charge in [0.15, 0.2) is 0 Å². The average molecular weight is 407 g/mol. The van der Waals surface area contributed by atoms with Gasteiger partial charge in [0, 0.05) is 0 Å². The summed E-state index contributed by atoms with van der Waals surface area (Å²) in [4.78, 5) is 15.1. The maximum Gasteiger partial charge on any atom is 0.343 e. The van der Waals surface area contributed by atoms with E-state index in [2.05, 4.69) is 0 Å². The molecule has 6 heteroatoms. The highest BCUT2D eigenvalue weighted by molar-refractivity contribution is 7.94. The molecule has 1 heterocycles. The lowest BCUT2D eigenvalue weighted by atomic mass is 10.1. The summed E-state index contributed by atoms with van der Waals surface area (Å²) < 4.78 is 27.6. The summed E-state index contributed by atoms with van der Waals surface area (Å²) in [7, 11) is -4.01. The normalized spacial score (nSPS) is 15.3. The molecule has 0 fully saturated rings. The van der Waals surface area contributed by atoms with Crippen LogP contribution in [0.25, 0.3) is 0 Å². The van der Waals surface area contributed by atoms with E-state index in [0.29, 0.717) is 11.4 Å². The SMILES string of the molecule is Cc1cccc(CN2C(=O)N(c3ccc(C)c(C)c3)S(=O)(=O)c3ccccc32)c1. The van der Waals surface area contributed by atoms with Crippen molar-refractivity contribution in [1.82, 2.24) is 0 Å². The summed E-state index contributed by atoms with van der Waals surface area (Å²) >= 11 is 0. The average Bonchev–Trinajstić information content (AvgIpc) is 2.68. The second-order valence-electron chi connectivity index (χ2n) is 7.36. The van der Waals surface area contributed by atoms with Crippen molar-refractivity contribution in [3.8, 4) is 0 Å². The van der Waals surface area contributed by atoms with Gasteiger partial charge in [-0.3, -0.25) is 4.90 Å². The standard InChI is InChI=1S/C23H22N2O3S/c1-16-7-6-8-19(13-16)15-24-21-9-4-5-10-22(21)29(27,28)25(23(24)26)20-12-11-17(2)18(3)14-20/h4-14H,15H2,1-3H3. The summed E-state index contributed by atoms with van der Waals surface area (Å²) in [6, 6.07) is 19.2. The molecule has 1 aliphatic rings. The largest absolute Gasteiger partial charge is 0.343 e. The number of hydrogen-bond donors (Lipinski definition) is 0. The third-order valence-electron chi connectivity index (χ3n) is 5.23. The van der Waals surface area contributed by atoms with Gasteiger partial charge >= 0.3 is 6.03 Å². The molecule has 0 aromatic heterocycles. The Morgan fingerprint density at radius 3 is 2.31 bits per heavy atom. The van der Waals surface area contributed by atoms with E-state index in [0.717, 1.165) is 26.6 Å². The van der Waals surface area contributed by atoms with Crippen LogP contribution in [-0.4, -0.2) is 14.4 Å². The van der Waals surface area contributed by atoms with E-state index in [4.69, 9.17) is 0 Å². The van der Waals surface area contributed by atoms with E-state index in [1.807, 2.05) is 51.1 Å². The van der Waals surface area contributed by atoms with Crippen molar-refractivity contribution in [2.45, 2.75) is 32.2 Å². The summed E-state index contributed by atoms with van der Waals surface area (Å²) in [6.45, 7) is 6.12. The van der Waals surface area contributed by atoms with Gasteiger partial charge < -0.3 is 0 Å². The van der Waals surface area contributed by atoms with Gasteiger partial charge in [-0.2, -0.15) is 4.31 Å². The minimum absolute atomic E-state index is 0.130. The molecule has 5 nitrogen and oxygen atoms in total. The maximum atomic E-state index is 13.5. The highest BCUT2D eigenvalue weighted by Crippen LogP contribution is 2.38. The van der Waals surface area contributed by atoms with Gasteiger partial charge in [0.25, 0.3) is 10.0 Å². The molecule has 0 aliphatic carbocycles. The zero-order valence-corrected chi connectivity index (χ0v) is 17.4. The van der Waals surface area contributed by atoms with E-state index < -0.39 is 16.1 Å². The lowest BCUT2D eigenvalue weighted by Gasteiger charge is -2.36. The minimum Gasteiger partial charge on any atom is -0.287 e. The van der Waals surface area contributed by atoms with Crippen molar-refractivity contribution >= 4 is 27.4 Å².